The molecule has 0 spiro atoms. The van der Waals surface area contributed by atoms with Crippen molar-refractivity contribution in [2.75, 3.05) is 17.6 Å². The van der Waals surface area contributed by atoms with Crippen molar-refractivity contribution in [1.29, 1.82) is 0 Å². The molecule has 0 saturated heterocycles. The number of nitrogens with one attached hydrogen (secondary N) is 1. The molecule has 5 nitrogen and oxygen atoms in total. The van der Waals surface area contributed by atoms with E-state index in [1.54, 1.807) is 12.3 Å². The second-order valence-corrected chi connectivity index (χ2v) is 4.07. The maximum atomic E-state index is 12.3. The van der Waals surface area contributed by atoms with Crippen molar-refractivity contribution >= 4 is 11.6 Å². The zero-order valence-electron chi connectivity index (χ0n) is 10.4. The Hall–Kier alpha value is -2.38. The van der Waals surface area contributed by atoms with Gasteiger partial charge in [-0.15, -0.1) is 10.2 Å². The number of alkyl halides is 3. The number of pyridine rings is 1. The van der Waals surface area contributed by atoms with Crippen molar-refractivity contribution in [3.05, 3.63) is 41.7 Å². The lowest BCUT2D eigenvalue weighted by Crippen LogP contribution is -2.11. The molecule has 106 valence electrons. The standard InChI is InChI=1S/C12H12F3N5/c13-12(14,15)9-1-2-11(20-19-9)18-6-4-8-3-5-17-10(16)7-8/h1-3,5,7H,4,6H2,(H2,16,17)(H,18,20). The third kappa shape index (κ3) is 3.81. The van der Waals surface area contributed by atoms with Gasteiger partial charge in [-0.3, -0.25) is 0 Å². The molecule has 0 aromatic carbocycles. The quantitative estimate of drug-likeness (QED) is 0.898. The van der Waals surface area contributed by atoms with Gasteiger partial charge in [-0.05, 0) is 36.2 Å². The molecule has 8 heteroatoms. The minimum atomic E-state index is -4.47. The first-order valence-corrected chi connectivity index (χ1v) is 5.80. The Kier molecular flexibility index (Phi) is 4.02. The summed E-state index contributed by atoms with van der Waals surface area (Å²) in [6.07, 6.45) is -2.22. The monoisotopic (exact) mass is 283 g/mol. The first kappa shape index (κ1) is 14.0. The average molecular weight is 283 g/mol. The number of nitrogen functional groups attached to an aromatic ring is 1. The van der Waals surface area contributed by atoms with Crippen LogP contribution in [-0.4, -0.2) is 21.7 Å². The van der Waals surface area contributed by atoms with Crippen molar-refractivity contribution in [3.8, 4) is 0 Å². The predicted molar refractivity (Wildman–Crippen MR) is 67.9 cm³/mol. The maximum absolute atomic E-state index is 12.3. The summed E-state index contributed by atoms with van der Waals surface area (Å²) >= 11 is 0. The molecular formula is C12H12F3N5. The Bertz CT molecular complexity index is 568. The highest BCUT2D eigenvalue weighted by Gasteiger charge is 2.32. The number of aromatic nitrogens is 3. The van der Waals surface area contributed by atoms with Gasteiger partial charge in [0.05, 0.1) is 0 Å². The van der Waals surface area contributed by atoms with Gasteiger partial charge in [0, 0.05) is 12.7 Å². The van der Waals surface area contributed by atoms with Gasteiger partial charge in [0.1, 0.15) is 11.6 Å². The molecule has 0 saturated carbocycles. The van der Waals surface area contributed by atoms with Crippen LogP contribution in [0, 0.1) is 0 Å². The molecule has 0 aliphatic rings. The Labute approximate surface area is 113 Å². The normalized spacial score (nSPS) is 11.3. The summed E-state index contributed by atoms with van der Waals surface area (Å²) in [7, 11) is 0. The molecule has 0 aliphatic heterocycles. The number of halogens is 3. The van der Waals surface area contributed by atoms with Gasteiger partial charge in [0.2, 0.25) is 0 Å². The Morgan fingerprint density at radius 1 is 1.15 bits per heavy atom. The molecule has 2 heterocycles. The van der Waals surface area contributed by atoms with E-state index in [-0.39, 0.29) is 0 Å². The van der Waals surface area contributed by atoms with E-state index in [9.17, 15) is 13.2 Å². The number of nitrogens with two attached hydrogens (primary N) is 1. The Morgan fingerprint density at radius 3 is 2.55 bits per heavy atom. The van der Waals surface area contributed by atoms with Gasteiger partial charge in [-0.25, -0.2) is 4.98 Å². The Balaban J connectivity index is 1.88. The minimum Gasteiger partial charge on any atom is -0.384 e. The van der Waals surface area contributed by atoms with Gasteiger partial charge in [-0.2, -0.15) is 13.2 Å². The van der Waals surface area contributed by atoms with Gasteiger partial charge in [0.15, 0.2) is 5.69 Å². The largest absolute Gasteiger partial charge is 0.435 e. The summed E-state index contributed by atoms with van der Waals surface area (Å²) in [6.45, 7) is 0.503. The topological polar surface area (TPSA) is 76.7 Å². The van der Waals surface area contributed by atoms with E-state index in [0.717, 1.165) is 11.6 Å². The van der Waals surface area contributed by atoms with E-state index >= 15 is 0 Å². The molecule has 3 N–H and O–H groups in total. The molecule has 0 fully saturated rings. The molecule has 0 atom stereocenters. The van der Waals surface area contributed by atoms with Crippen LogP contribution in [0.4, 0.5) is 24.8 Å². The van der Waals surface area contributed by atoms with Crippen LogP contribution in [0.1, 0.15) is 11.3 Å². The van der Waals surface area contributed by atoms with Gasteiger partial charge < -0.3 is 11.1 Å². The molecule has 0 amide bonds. The summed E-state index contributed by atoms with van der Waals surface area (Å²) in [4.78, 5) is 3.87. The zero-order valence-corrected chi connectivity index (χ0v) is 10.4. The highest BCUT2D eigenvalue weighted by atomic mass is 19.4. The van der Waals surface area contributed by atoms with Crippen LogP contribution in [-0.2, 0) is 12.6 Å². The third-order valence-corrected chi connectivity index (χ3v) is 2.52. The van der Waals surface area contributed by atoms with Gasteiger partial charge in [0.25, 0.3) is 0 Å². The molecule has 2 rings (SSSR count). The summed E-state index contributed by atoms with van der Waals surface area (Å²) in [5.74, 6) is 0.719. The maximum Gasteiger partial charge on any atom is 0.435 e. The molecular weight excluding hydrogens is 271 g/mol. The van der Waals surface area contributed by atoms with Crippen LogP contribution in [0.25, 0.3) is 0 Å². The first-order valence-electron chi connectivity index (χ1n) is 5.80. The van der Waals surface area contributed by atoms with Crippen LogP contribution in [0.15, 0.2) is 30.5 Å². The lowest BCUT2D eigenvalue weighted by Gasteiger charge is -2.07. The van der Waals surface area contributed by atoms with Gasteiger partial charge >= 0.3 is 6.18 Å². The summed E-state index contributed by atoms with van der Waals surface area (Å²) in [5, 5.41) is 9.49. The zero-order chi connectivity index (χ0) is 14.6. The molecule has 0 radical (unpaired) electrons. The fourth-order valence-electron chi connectivity index (χ4n) is 1.56. The van der Waals surface area contributed by atoms with Crippen LogP contribution >= 0.6 is 0 Å². The summed E-state index contributed by atoms with van der Waals surface area (Å²) in [5.41, 5.74) is 5.51. The second-order valence-electron chi connectivity index (χ2n) is 4.07. The smallest absolute Gasteiger partial charge is 0.384 e. The Morgan fingerprint density at radius 2 is 1.95 bits per heavy atom. The van der Waals surface area contributed by atoms with Gasteiger partial charge in [-0.1, -0.05) is 0 Å². The first-order chi connectivity index (χ1) is 9.45. The fraction of sp³-hybridized carbons (Fsp3) is 0.250. The van der Waals surface area contributed by atoms with Crippen molar-refractivity contribution < 1.29 is 13.2 Å². The predicted octanol–water partition coefficient (Wildman–Crippen LogP) is 2.13. The van der Waals surface area contributed by atoms with Crippen LogP contribution in [0.2, 0.25) is 0 Å². The molecule has 2 aromatic rings. The van der Waals surface area contributed by atoms with E-state index < -0.39 is 11.9 Å². The molecule has 0 bridgehead atoms. The number of anilines is 2. The SMILES string of the molecule is Nc1cc(CCNc2ccc(C(F)(F)F)nn2)ccn1. The fourth-order valence-corrected chi connectivity index (χ4v) is 1.56. The van der Waals surface area contributed by atoms with Crippen molar-refractivity contribution in [3.63, 3.8) is 0 Å². The number of hydrogen-bond donors (Lipinski definition) is 2. The number of rotatable bonds is 4. The molecule has 2 aromatic heterocycles. The van der Waals surface area contributed by atoms with E-state index in [2.05, 4.69) is 20.5 Å². The van der Waals surface area contributed by atoms with E-state index in [4.69, 9.17) is 5.73 Å². The van der Waals surface area contributed by atoms with Crippen LogP contribution in [0.3, 0.4) is 0 Å². The summed E-state index contributed by atoms with van der Waals surface area (Å²) < 4.78 is 36.9. The van der Waals surface area contributed by atoms with Crippen molar-refractivity contribution in [1.82, 2.24) is 15.2 Å². The van der Waals surface area contributed by atoms with E-state index in [0.29, 0.717) is 24.6 Å². The van der Waals surface area contributed by atoms with Crippen molar-refractivity contribution in [2.45, 2.75) is 12.6 Å². The molecule has 0 unspecified atom stereocenters. The van der Waals surface area contributed by atoms with Crippen molar-refractivity contribution in [2.24, 2.45) is 0 Å². The number of hydrogen-bond acceptors (Lipinski definition) is 5. The average Bonchev–Trinajstić information content (AvgIpc) is 2.38. The van der Waals surface area contributed by atoms with E-state index in [1.807, 2.05) is 6.07 Å². The molecule has 20 heavy (non-hydrogen) atoms. The van der Waals surface area contributed by atoms with Crippen LogP contribution in [0.5, 0.6) is 0 Å². The van der Waals surface area contributed by atoms with Crippen LogP contribution < -0.4 is 11.1 Å². The lowest BCUT2D eigenvalue weighted by atomic mass is 10.2. The minimum absolute atomic E-state index is 0.292. The second kappa shape index (κ2) is 5.72. The lowest BCUT2D eigenvalue weighted by molar-refractivity contribution is -0.141. The number of nitrogens with zero attached hydrogens (tertiary/aromatic N) is 3. The third-order valence-electron chi connectivity index (χ3n) is 2.52. The molecule has 0 aliphatic carbocycles. The highest BCUT2D eigenvalue weighted by molar-refractivity contribution is 5.35. The summed E-state index contributed by atoms with van der Waals surface area (Å²) in [6, 6.07) is 5.69. The van der Waals surface area contributed by atoms with E-state index in [1.165, 1.54) is 6.07 Å². The highest BCUT2D eigenvalue weighted by Crippen LogP contribution is 2.26.